The molecule has 3 N–H and O–H groups in total. The second kappa shape index (κ2) is 9.30. The zero-order valence-electron chi connectivity index (χ0n) is 14.4. The highest BCUT2D eigenvalue weighted by atomic mass is 127. The van der Waals surface area contributed by atoms with Crippen molar-refractivity contribution in [3.05, 3.63) is 0 Å². The standard InChI is InChI=1S/C17H33N3O.HI/c1-4-18-16(19-11-17(12-21)9-10-17)20-15-7-5-14(6-8-15)13(2)3;/h13-15,21H,4-12H2,1-3H3,(H2,18,19,20);1H. The van der Waals surface area contributed by atoms with Gasteiger partial charge in [0.05, 0.1) is 13.2 Å². The number of halogens is 1. The lowest BCUT2D eigenvalue weighted by atomic mass is 9.80. The topological polar surface area (TPSA) is 56.7 Å². The van der Waals surface area contributed by atoms with Crippen LogP contribution in [0, 0.1) is 17.3 Å². The normalized spacial score (nSPS) is 27.2. The van der Waals surface area contributed by atoms with Crippen molar-refractivity contribution in [1.82, 2.24) is 10.6 Å². The van der Waals surface area contributed by atoms with Crippen LogP contribution in [0.1, 0.15) is 59.3 Å². The van der Waals surface area contributed by atoms with Gasteiger partial charge in [-0.15, -0.1) is 24.0 Å². The first kappa shape index (κ1) is 20.0. The summed E-state index contributed by atoms with van der Waals surface area (Å²) in [6.45, 7) is 8.70. The molecule has 0 aromatic carbocycles. The summed E-state index contributed by atoms with van der Waals surface area (Å²) in [6.07, 6.45) is 7.39. The molecule has 2 saturated carbocycles. The van der Waals surface area contributed by atoms with E-state index >= 15 is 0 Å². The fraction of sp³-hybridized carbons (Fsp3) is 0.941. The van der Waals surface area contributed by atoms with E-state index in [9.17, 15) is 5.11 Å². The molecule has 0 atom stereocenters. The molecule has 0 aromatic heterocycles. The fourth-order valence-electron chi connectivity index (χ4n) is 3.23. The third-order valence-electron chi connectivity index (χ3n) is 5.26. The molecule has 0 saturated heterocycles. The van der Waals surface area contributed by atoms with Crippen molar-refractivity contribution >= 4 is 29.9 Å². The van der Waals surface area contributed by atoms with E-state index in [1.165, 1.54) is 25.7 Å². The Morgan fingerprint density at radius 2 is 1.86 bits per heavy atom. The highest BCUT2D eigenvalue weighted by molar-refractivity contribution is 14.0. The lowest BCUT2D eigenvalue weighted by Crippen LogP contribution is -2.45. The summed E-state index contributed by atoms with van der Waals surface area (Å²) in [5.41, 5.74) is 0.0949. The Morgan fingerprint density at radius 3 is 2.32 bits per heavy atom. The zero-order valence-corrected chi connectivity index (χ0v) is 16.7. The first-order chi connectivity index (χ1) is 10.1. The van der Waals surface area contributed by atoms with Crippen molar-refractivity contribution in [2.24, 2.45) is 22.2 Å². The van der Waals surface area contributed by atoms with Crippen LogP contribution in [0.15, 0.2) is 4.99 Å². The lowest BCUT2D eigenvalue weighted by Gasteiger charge is -2.32. The molecular formula is C17H34IN3O. The highest BCUT2D eigenvalue weighted by Crippen LogP contribution is 2.45. The maximum atomic E-state index is 9.39. The first-order valence-electron chi connectivity index (χ1n) is 8.74. The molecule has 2 rings (SSSR count). The zero-order chi connectivity index (χ0) is 15.3. The summed E-state index contributed by atoms with van der Waals surface area (Å²) in [6, 6.07) is 0.557. The molecular weight excluding hydrogens is 389 g/mol. The molecule has 0 bridgehead atoms. The average molecular weight is 423 g/mol. The van der Waals surface area contributed by atoms with Crippen LogP contribution in [-0.4, -0.2) is 36.8 Å². The van der Waals surface area contributed by atoms with Crippen molar-refractivity contribution in [1.29, 1.82) is 0 Å². The Hall–Kier alpha value is -0.0400. The number of guanidine groups is 1. The van der Waals surface area contributed by atoms with E-state index in [1.54, 1.807) is 0 Å². The molecule has 2 aliphatic carbocycles. The Balaban J connectivity index is 0.00000242. The number of nitrogens with one attached hydrogen (secondary N) is 2. The minimum absolute atomic E-state index is 0. The Morgan fingerprint density at radius 1 is 1.23 bits per heavy atom. The van der Waals surface area contributed by atoms with Gasteiger partial charge in [-0.2, -0.15) is 0 Å². The Bertz CT molecular complexity index is 348. The Labute approximate surface area is 152 Å². The molecule has 0 amide bonds. The van der Waals surface area contributed by atoms with Gasteiger partial charge in [0.25, 0.3) is 0 Å². The van der Waals surface area contributed by atoms with Crippen LogP contribution in [0.2, 0.25) is 0 Å². The van der Waals surface area contributed by atoms with Crippen LogP contribution in [-0.2, 0) is 0 Å². The molecule has 0 unspecified atom stereocenters. The molecule has 4 nitrogen and oxygen atoms in total. The van der Waals surface area contributed by atoms with Crippen LogP contribution in [0.25, 0.3) is 0 Å². The van der Waals surface area contributed by atoms with E-state index in [4.69, 9.17) is 4.99 Å². The van der Waals surface area contributed by atoms with Gasteiger partial charge < -0.3 is 15.7 Å². The van der Waals surface area contributed by atoms with Crippen molar-refractivity contribution in [3.63, 3.8) is 0 Å². The van der Waals surface area contributed by atoms with Crippen LogP contribution in [0.3, 0.4) is 0 Å². The second-order valence-electron chi connectivity index (χ2n) is 7.35. The monoisotopic (exact) mass is 423 g/mol. The summed E-state index contributed by atoms with van der Waals surface area (Å²) in [7, 11) is 0. The quantitative estimate of drug-likeness (QED) is 0.350. The SMILES string of the molecule is CCNC(=NCC1(CO)CC1)NC1CCC(C(C)C)CC1.I. The largest absolute Gasteiger partial charge is 0.396 e. The average Bonchev–Trinajstić information content (AvgIpc) is 3.26. The molecule has 0 aromatic rings. The molecule has 2 fully saturated rings. The minimum Gasteiger partial charge on any atom is -0.396 e. The number of hydrogen-bond acceptors (Lipinski definition) is 2. The molecule has 0 spiro atoms. The number of aliphatic hydroxyl groups excluding tert-OH is 1. The minimum atomic E-state index is 0. The van der Waals surface area contributed by atoms with E-state index in [-0.39, 0.29) is 36.0 Å². The van der Waals surface area contributed by atoms with Crippen molar-refractivity contribution < 1.29 is 5.11 Å². The summed E-state index contributed by atoms with van der Waals surface area (Å²) in [5, 5.41) is 16.3. The lowest BCUT2D eigenvalue weighted by molar-refractivity contribution is 0.216. The molecule has 5 heteroatoms. The van der Waals surface area contributed by atoms with Gasteiger partial charge >= 0.3 is 0 Å². The van der Waals surface area contributed by atoms with Crippen molar-refractivity contribution in [3.8, 4) is 0 Å². The second-order valence-corrected chi connectivity index (χ2v) is 7.35. The van der Waals surface area contributed by atoms with E-state index in [2.05, 4.69) is 31.4 Å². The van der Waals surface area contributed by atoms with Gasteiger partial charge in [0.15, 0.2) is 5.96 Å². The van der Waals surface area contributed by atoms with E-state index in [0.717, 1.165) is 43.7 Å². The molecule has 0 radical (unpaired) electrons. The van der Waals surface area contributed by atoms with Crippen LogP contribution >= 0.6 is 24.0 Å². The van der Waals surface area contributed by atoms with E-state index in [1.807, 2.05) is 0 Å². The van der Waals surface area contributed by atoms with Gasteiger partial charge in [-0.05, 0) is 57.3 Å². The number of aliphatic imine (C=N–C) groups is 1. The van der Waals surface area contributed by atoms with Gasteiger partial charge in [-0.25, -0.2) is 0 Å². The van der Waals surface area contributed by atoms with Gasteiger partial charge in [-0.3, -0.25) is 4.99 Å². The Kier molecular flexibility index (Phi) is 8.46. The summed E-state index contributed by atoms with van der Waals surface area (Å²) in [5.74, 6) is 2.64. The van der Waals surface area contributed by atoms with Crippen LogP contribution < -0.4 is 10.6 Å². The molecule has 22 heavy (non-hydrogen) atoms. The van der Waals surface area contributed by atoms with Gasteiger partial charge in [0.2, 0.25) is 0 Å². The third kappa shape index (κ3) is 5.87. The van der Waals surface area contributed by atoms with Crippen LogP contribution in [0.5, 0.6) is 0 Å². The molecule has 0 heterocycles. The molecule has 2 aliphatic rings. The van der Waals surface area contributed by atoms with Crippen molar-refractivity contribution in [2.75, 3.05) is 19.7 Å². The number of hydrogen-bond donors (Lipinski definition) is 3. The third-order valence-corrected chi connectivity index (χ3v) is 5.26. The highest BCUT2D eigenvalue weighted by Gasteiger charge is 2.41. The number of nitrogens with zero attached hydrogens (tertiary/aromatic N) is 1. The summed E-state index contributed by atoms with van der Waals surface area (Å²) < 4.78 is 0. The van der Waals surface area contributed by atoms with Gasteiger partial charge in [0, 0.05) is 18.0 Å². The van der Waals surface area contributed by atoms with Crippen LogP contribution in [0.4, 0.5) is 0 Å². The van der Waals surface area contributed by atoms with E-state index < -0.39 is 0 Å². The van der Waals surface area contributed by atoms with Gasteiger partial charge in [-0.1, -0.05) is 13.8 Å². The summed E-state index contributed by atoms with van der Waals surface area (Å²) in [4.78, 5) is 4.70. The predicted octanol–water partition coefficient (Wildman–Crippen LogP) is 3.15. The fourth-order valence-corrected chi connectivity index (χ4v) is 3.23. The van der Waals surface area contributed by atoms with E-state index in [0.29, 0.717) is 6.04 Å². The maximum absolute atomic E-state index is 9.39. The number of rotatable bonds is 6. The number of aliphatic hydroxyl groups is 1. The van der Waals surface area contributed by atoms with Gasteiger partial charge in [0.1, 0.15) is 0 Å². The molecule has 130 valence electrons. The maximum Gasteiger partial charge on any atom is 0.191 e. The first-order valence-corrected chi connectivity index (χ1v) is 8.74. The van der Waals surface area contributed by atoms with Crippen molar-refractivity contribution in [2.45, 2.75) is 65.3 Å². The smallest absolute Gasteiger partial charge is 0.191 e. The summed E-state index contributed by atoms with van der Waals surface area (Å²) >= 11 is 0. The molecule has 0 aliphatic heterocycles. The predicted molar refractivity (Wildman–Crippen MR) is 104 cm³/mol.